The molecule has 0 spiro atoms. The van der Waals surface area contributed by atoms with Gasteiger partial charge in [0.05, 0.1) is 12.1 Å². The normalized spacial score (nSPS) is 11.5. The molecular weight excluding hydrogens is 386 g/mol. The molecule has 0 aliphatic carbocycles. The lowest BCUT2D eigenvalue weighted by Crippen LogP contribution is -2.31. The van der Waals surface area contributed by atoms with Gasteiger partial charge in [0, 0.05) is 11.8 Å². The van der Waals surface area contributed by atoms with E-state index in [-0.39, 0.29) is 24.9 Å². The minimum Gasteiger partial charge on any atom is -0.459 e. The van der Waals surface area contributed by atoms with Crippen LogP contribution in [0.5, 0.6) is 0 Å². The van der Waals surface area contributed by atoms with E-state index in [0.29, 0.717) is 11.1 Å². The van der Waals surface area contributed by atoms with Crippen LogP contribution in [0.4, 0.5) is 5.82 Å². The Morgan fingerprint density at radius 1 is 1.07 bits per heavy atom. The summed E-state index contributed by atoms with van der Waals surface area (Å²) in [6.07, 6.45) is 0.310. The van der Waals surface area contributed by atoms with Crippen LogP contribution in [-0.4, -0.2) is 39.2 Å². The number of esters is 1. The fourth-order valence-corrected chi connectivity index (χ4v) is 2.64. The van der Waals surface area contributed by atoms with E-state index in [1.165, 1.54) is 16.8 Å². The van der Waals surface area contributed by atoms with Gasteiger partial charge < -0.3 is 15.2 Å². The Balaban J connectivity index is 1.55. The maximum atomic E-state index is 12.2. The number of benzene rings is 2. The van der Waals surface area contributed by atoms with Gasteiger partial charge in [-0.25, -0.2) is 9.59 Å². The highest BCUT2D eigenvalue weighted by molar-refractivity contribution is 6.03. The molecule has 1 amide bonds. The molecule has 8 nitrogen and oxygen atoms in total. The van der Waals surface area contributed by atoms with Crippen molar-refractivity contribution in [2.75, 3.05) is 11.9 Å². The zero-order valence-corrected chi connectivity index (χ0v) is 16.3. The molecule has 2 aromatic carbocycles. The summed E-state index contributed by atoms with van der Waals surface area (Å²) < 4.78 is 6.25. The lowest BCUT2D eigenvalue weighted by Gasteiger charge is -2.13. The van der Waals surface area contributed by atoms with Crippen molar-refractivity contribution in [2.45, 2.75) is 19.6 Å². The first-order valence-electron chi connectivity index (χ1n) is 9.28. The van der Waals surface area contributed by atoms with Gasteiger partial charge in [-0.2, -0.15) is 4.98 Å². The average molecular weight is 407 g/mol. The molecule has 2 N–H and O–H groups in total. The van der Waals surface area contributed by atoms with E-state index < -0.39 is 17.8 Å². The smallest absolute Gasteiger partial charge is 0.349 e. The summed E-state index contributed by atoms with van der Waals surface area (Å²) >= 11 is 0. The quantitative estimate of drug-likeness (QED) is 0.580. The molecule has 0 saturated carbocycles. The Labute approximate surface area is 172 Å². The minimum absolute atomic E-state index is 0.102. The third-order valence-electron chi connectivity index (χ3n) is 4.25. The SMILES string of the molecule is Cc1ccc(C(=O)OC[C@@H](O)Cn2ccc(NC(=O)c3ccccc3)nc2=O)cc1. The number of hydrogen-bond acceptors (Lipinski definition) is 6. The number of anilines is 1. The lowest BCUT2D eigenvalue weighted by atomic mass is 10.1. The number of ether oxygens (including phenoxy) is 1. The fraction of sp³-hybridized carbons (Fsp3) is 0.182. The van der Waals surface area contributed by atoms with Crippen LogP contribution < -0.4 is 11.0 Å². The molecule has 0 aliphatic heterocycles. The van der Waals surface area contributed by atoms with Crippen molar-refractivity contribution in [3.05, 3.63) is 94.0 Å². The van der Waals surface area contributed by atoms with Crippen LogP contribution in [0.25, 0.3) is 0 Å². The fourth-order valence-electron chi connectivity index (χ4n) is 2.64. The molecule has 3 rings (SSSR count). The molecule has 3 aromatic rings. The number of aromatic nitrogens is 2. The van der Waals surface area contributed by atoms with Gasteiger partial charge in [0.2, 0.25) is 0 Å². The number of carbonyl (C=O) groups is 2. The number of nitrogens with zero attached hydrogens (tertiary/aromatic N) is 2. The molecule has 0 saturated heterocycles. The second kappa shape index (κ2) is 9.62. The van der Waals surface area contributed by atoms with Crippen LogP contribution in [0.3, 0.4) is 0 Å². The highest BCUT2D eigenvalue weighted by Gasteiger charge is 2.13. The summed E-state index contributed by atoms with van der Waals surface area (Å²) in [4.78, 5) is 40.1. The first-order valence-corrected chi connectivity index (χ1v) is 9.28. The Morgan fingerprint density at radius 3 is 2.43 bits per heavy atom. The zero-order valence-electron chi connectivity index (χ0n) is 16.3. The van der Waals surface area contributed by atoms with Crippen molar-refractivity contribution >= 4 is 17.7 Å². The van der Waals surface area contributed by atoms with Crippen molar-refractivity contribution in [1.29, 1.82) is 0 Å². The standard InChI is InChI=1S/C22H21N3O5/c1-15-7-9-17(10-8-15)21(28)30-14-18(26)13-25-12-11-19(24-22(25)29)23-20(27)16-5-3-2-4-6-16/h2-12,18,26H,13-14H2,1H3,(H,23,24,27,29)/t18-/m0/s1. The molecule has 0 unspecified atom stereocenters. The summed E-state index contributed by atoms with van der Waals surface area (Å²) in [5, 5.41) is 12.6. The summed E-state index contributed by atoms with van der Waals surface area (Å²) in [5.41, 5.74) is 1.19. The largest absolute Gasteiger partial charge is 0.459 e. The van der Waals surface area contributed by atoms with Crippen LogP contribution in [0, 0.1) is 6.92 Å². The number of rotatable bonds is 7. The molecule has 0 fully saturated rings. The van der Waals surface area contributed by atoms with Crippen LogP contribution in [-0.2, 0) is 11.3 Å². The van der Waals surface area contributed by atoms with Crippen LogP contribution in [0.15, 0.2) is 71.7 Å². The first-order chi connectivity index (χ1) is 14.4. The van der Waals surface area contributed by atoms with Gasteiger partial charge in [-0.15, -0.1) is 0 Å². The molecule has 30 heavy (non-hydrogen) atoms. The summed E-state index contributed by atoms with van der Waals surface area (Å²) in [6, 6.07) is 16.8. The molecule has 0 radical (unpaired) electrons. The number of carbonyl (C=O) groups excluding carboxylic acids is 2. The van der Waals surface area contributed by atoms with Crippen molar-refractivity contribution in [1.82, 2.24) is 9.55 Å². The number of amides is 1. The second-order valence-electron chi connectivity index (χ2n) is 6.69. The van der Waals surface area contributed by atoms with Crippen LogP contribution in [0.2, 0.25) is 0 Å². The summed E-state index contributed by atoms with van der Waals surface area (Å²) in [6.45, 7) is 1.52. The maximum Gasteiger partial charge on any atom is 0.349 e. The van der Waals surface area contributed by atoms with Crippen LogP contribution >= 0.6 is 0 Å². The molecule has 1 atom stereocenters. The third kappa shape index (κ3) is 5.62. The highest BCUT2D eigenvalue weighted by atomic mass is 16.5. The average Bonchev–Trinajstić information content (AvgIpc) is 2.75. The zero-order chi connectivity index (χ0) is 21.5. The molecular formula is C22H21N3O5. The Kier molecular flexibility index (Phi) is 6.71. The number of nitrogens with one attached hydrogen (secondary N) is 1. The number of aryl methyl sites for hydroxylation is 1. The first kappa shape index (κ1) is 20.9. The number of aliphatic hydroxyl groups excluding tert-OH is 1. The van der Waals surface area contributed by atoms with Gasteiger partial charge in [-0.1, -0.05) is 35.9 Å². The summed E-state index contributed by atoms with van der Waals surface area (Å²) in [5.74, 6) is -0.841. The van der Waals surface area contributed by atoms with Gasteiger partial charge in [-0.3, -0.25) is 9.36 Å². The van der Waals surface area contributed by atoms with Gasteiger partial charge in [0.25, 0.3) is 5.91 Å². The van der Waals surface area contributed by atoms with Crippen LogP contribution in [0.1, 0.15) is 26.3 Å². The predicted octanol–water partition coefficient (Wildman–Crippen LogP) is 2.02. The van der Waals surface area contributed by atoms with Crippen molar-refractivity contribution < 1.29 is 19.4 Å². The Bertz CT molecular complexity index is 1080. The Morgan fingerprint density at radius 2 is 1.77 bits per heavy atom. The van der Waals surface area contributed by atoms with E-state index in [1.54, 1.807) is 54.6 Å². The van der Waals surface area contributed by atoms with E-state index in [0.717, 1.165) is 5.56 Å². The monoisotopic (exact) mass is 407 g/mol. The van der Waals surface area contributed by atoms with E-state index in [2.05, 4.69) is 10.3 Å². The lowest BCUT2D eigenvalue weighted by molar-refractivity contribution is 0.0214. The minimum atomic E-state index is -1.09. The van der Waals surface area contributed by atoms with E-state index in [4.69, 9.17) is 4.74 Å². The predicted molar refractivity (Wildman–Crippen MR) is 110 cm³/mol. The highest BCUT2D eigenvalue weighted by Crippen LogP contribution is 2.07. The van der Waals surface area contributed by atoms with Gasteiger partial charge in [0.15, 0.2) is 0 Å². The second-order valence-corrected chi connectivity index (χ2v) is 6.69. The number of aliphatic hydroxyl groups is 1. The van der Waals surface area contributed by atoms with E-state index >= 15 is 0 Å². The van der Waals surface area contributed by atoms with Gasteiger partial charge >= 0.3 is 11.7 Å². The van der Waals surface area contributed by atoms with E-state index in [1.807, 2.05) is 6.92 Å². The van der Waals surface area contributed by atoms with Gasteiger partial charge in [-0.05, 0) is 37.3 Å². The molecule has 0 aliphatic rings. The topological polar surface area (TPSA) is 111 Å². The Hall–Kier alpha value is -3.78. The van der Waals surface area contributed by atoms with Crippen molar-refractivity contribution in [3.63, 3.8) is 0 Å². The maximum absolute atomic E-state index is 12.2. The molecule has 0 bridgehead atoms. The molecule has 1 aromatic heterocycles. The van der Waals surface area contributed by atoms with Crippen molar-refractivity contribution in [3.8, 4) is 0 Å². The van der Waals surface area contributed by atoms with Crippen molar-refractivity contribution in [2.24, 2.45) is 0 Å². The van der Waals surface area contributed by atoms with E-state index in [9.17, 15) is 19.5 Å². The third-order valence-corrected chi connectivity index (χ3v) is 4.25. The summed E-state index contributed by atoms with van der Waals surface area (Å²) in [7, 11) is 0. The number of hydrogen-bond donors (Lipinski definition) is 2. The molecule has 8 heteroatoms. The molecule has 1 heterocycles. The molecule has 154 valence electrons. The van der Waals surface area contributed by atoms with Gasteiger partial charge in [0.1, 0.15) is 18.5 Å².